The van der Waals surface area contributed by atoms with Gasteiger partial charge in [-0.25, -0.2) is 4.79 Å². The molecule has 0 saturated heterocycles. The third-order valence-corrected chi connectivity index (χ3v) is 4.48. The highest BCUT2D eigenvalue weighted by molar-refractivity contribution is 7.82. The van der Waals surface area contributed by atoms with Crippen LogP contribution >= 0.6 is 0 Å². The van der Waals surface area contributed by atoms with Crippen molar-refractivity contribution >= 4 is 27.9 Å². The summed E-state index contributed by atoms with van der Waals surface area (Å²) in [4.78, 5) is 36.7. The van der Waals surface area contributed by atoms with Crippen LogP contribution in [0.1, 0.15) is 42.2 Å². The van der Waals surface area contributed by atoms with E-state index in [1.54, 1.807) is 6.07 Å². The Hall–Kier alpha value is -3.20. The molecule has 9 heteroatoms. The molecule has 0 spiro atoms. The summed E-state index contributed by atoms with van der Waals surface area (Å²) in [6.45, 7) is 0. The van der Waals surface area contributed by atoms with Gasteiger partial charge in [-0.2, -0.15) is 0 Å². The maximum Gasteiger partial charge on any atom is 0.501 e. The lowest BCUT2D eigenvalue weighted by Gasteiger charge is -2.25. The Kier molecular flexibility index (Phi) is 2.65. The average Bonchev–Trinajstić information content (AvgIpc) is 2.50. The van der Waals surface area contributed by atoms with Crippen molar-refractivity contribution in [3.63, 3.8) is 0 Å². The number of aromatic carboxylic acids is 1. The lowest BCUT2D eigenvalue weighted by Crippen LogP contribution is -2.30. The van der Waals surface area contributed by atoms with E-state index in [-0.39, 0.29) is 16.7 Å². The number of hydrogen-bond donors (Lipinski definition) is 1. The average molecular weight is 346 g/mol. The first-order chi connectivity index (χ1) is 11.3. The summed E-state index contributed by atoms with van der Waals surface area (Å²) >= 11 is 0. The third kappa shape index (κ3) is 1.78. The third-order valence-electron chi connectivity index (χ3n) is 3.72. The standard InChI is InChI=1S/C15H6O8S/c16-12-6-3-1-2-4-7(6)13(17)10-8(12)5-9-11(15(18)19)14(10)23-24(20,21)22-9/h1-5H,(H,18,19). The van der Waals surface area contributed by atoms with E-state index in [4.69, 9.17) is 0 Å². The van der Waals surface area contributed by atoms with Crippen molar-refractivity contribution in [1.29, 1.82) is 0 Å². The largest absolute Gasteiger partial charge is 0.501 e. The molecule has 2 aromatic rings. The number of carbonyl (C=O) groups is 3. The first-order valence-corrected chi connectivity index (χ1v) is 7.90. The first-order valence-electron chi connectivity index (χ1n) is 6.57. The molecule has 0 radical (unpaired) electrons. The van der Waals surface area contributed by atoms with Gasteiger partial charge in [0.05, 0.1) is 5.56 Å². The van der Waals surface area contributed by atoms with Crippen molar-refractivity contribution in [2.45, 2.75) is 0 Å². The van der Waals surface area contributed by atoms with Gasteiger partial charge < -0.3 is 13.5 Å². The fourth-order valence-corrected chi connectivity index (χ4v) is 3.53. The van der Waals surface area contributed by atoms with Crippen molar-refractivity contribution in [2.75, 3.05) is 0 Å². The van der Waals surface area contributed by atoms with Crippen LogP contribution in [0, 0.1) is 0 Å². The van der Waals surface area contributed by atoms with E-state index in [2.05, 4.69) is 8.37 Å². The summed E-state index contributed by atoms with van der Waals surface area (Å²) in [6, 6.07) is 6.90. The van der Waals surface area contributed by atoms with Gasteiger partial charge in [0.25, 0.3) is 0 Å². The zero-order valence-corrected chi connectivity index (χ0v) is 12.4. The minimum atomic E-state index is -4.56. The molecule has 24 heavy (non-hydrogen) atoms. The van der Waals surface area contributed by atoms with E-state index in [1.165, 1.54) is 18.2 Å². The second-order valence-electron chi connectivity index (χ2n) is 5.09. The van der Waals surface area contributed by atoms with Gasteiger partial charge in [0.15, 0.2) is 23.1 Å². The highest BCUT2D eigenvalue weighted by atomic mass is 32.3. The second-order valence-corrected chi connectivity index (χ2v) is 6.24. The maximum atomic E-state index is 12.7. The van der Waals surface area contributed by atoms with Crippen molar-refractivity contribution in [1.82, 2.24) is 0 Å². The number of benzene rings is 2. The summed E-state index contributed by atoms with van der Waals surface area (Å²) in [5, 5.41) is 9.28. The van der Waals surface area contributed by atoms with Crippen molar-refractivity contribution in [2.24, 2.45) is 0 Å². The van der Waals surface area contributed by atoms with Crippen LogP contribution in [0.5, 0.6) is 11.5 Å². The van der Waals surface area contributed by atoms with Crippen LogP contribution in [0.25, 0.3) is 0 Å². The van der Waals surface area contributed by atoms with Gasteiger partial charge >= 0.3 is 16.4 Å². The van der Waals surface area contributed by atoms with E-state index in [9.17, 15) is 27.9 Å². The zero-order valence-electron chi connectivity index (χ0n) is 11.6. The second kappa shape index (κ2) is 4.42. The molecule has 4 rings (SSSR count). The number of carboxylic acids is 1. The lowest BCUT2D eigenvalue weighted by atomic mass is 9.82. The van der Waals surface area contributed by atoms with Crippen LogP contribution in [-0.4, -0.2) is 31.1 Å². The topological polar surface area (TPSA) is 124 Å². The summed E-state index contributed by atoms with van der Waals surface area (Å²) in [5.41, 5.74) is -0.999. The SMILES string of the molecule is O=C1c2ccccc2C(=O)c2c1cc1c(C(=O)O)c2OS(=O)(=O)O1. The minimum absolute atomic E-state index is 0.0443. The van der Waals surface area contributed by atoms with Crippen LogP contribution in [0.2, 0.25) is 0 Å². The fraction of sp³-hybridized carbons (Fsp3) is 0. The van der Waals surface area contributed by atoms with Crippen LogP contribution in [0.4, 0.5) is 0 Å². The molecule has 2 aromatic carbocycles. The molecule has 0 amide bonds. The minimum Gasteiger partial charge on any atom is -0.477 e. The Balaban J connectivity index is 2.11. The molecule has 2 aliphatic rings. The maximum absolute atomic E-state index is 12.7. The van der Waals surface area contributed by atoms with Gasteiger partial charge in [0.2, 0.25) is 0 Å². The lowest BCUT2D eigenvalue weighted by molar-refractivity contribution is 0.0690. The van der Waals surface area contributed by atoms with Gasteiger partial charge in [0, 0.05) is 16.7 Å². The van der Waals surface area contributed by atoms with Crippen LogP contribution in [0.15, 0.2) is 30.3 Å². The fourth-order valence-electron chi connectivity index (χ4n) is 2.78. The summed E-state index contributed by atoms with van der Waals surface area (Å²) in [5.74, 6) is -4.05. The van der Waals surface area contributed by atoms with Crippen molar-refractivity contribution in [3.05, 3.63) is 58.1 Å². The summed E-state index contributed by atoms with van der Waals surface area (Å²) < 4.78 is 32.3. The van der Waals surface area contributed by atoms with Crippen LogP contribution < -0.4 is 8.37 Å². The van der Waals surface area contributed by atoms with Crippen LogP contribution in [0.3, 0.4) is 0 Å². The molecular formula is C15H6O8S. The molecule has 1 heterocycles. The first kappa shape index (κ1) is 14.4. The highest BCUT2D eigenvalue weighted by Gasteiger charge is 2.42. The molecule has 0 aromatic heterocycles. The Labute approximate surface area is 134 Å². The van der Waals surface area contributed by atoms with E-state index >= 15 is 0 Å². The number of rotatable bonds is 1. The van der Waals surface area contributed by atoms with Gasteiger partial charge in [0.1, 0.15) is 5.56 Å². The van der Waals surface area contributed by atoms with Gasteiger partial charge in [-0.3, -0.25) is 9.59 Å². The molecule has 2 bridgehead atoms. The predicted octanol–water partition coefficient (Wildman–Crippen LogP) is 1.18. The van der Waals surface area contributed by atoms with E-state index in [1.807, 2.05) is 0 Å². The molecule has 0 saturated carbocycles. The number of carboxylic acid groups (broad SMARTS) is 1. The molecule has 1 aliphatic carbocycles. The quantitative estimate of drug-likeness (QED) is 0.696. The van der Waals surface area contributed by atoms with Crippen molar-refractivity contribution < 1.29 is 36.3 Å². The highest BCUT2D eigenvalue weighted by Crippen LogP contribution is 2.44. The molecule has 1 N–H and O–H groups in total. The van der Waals surface area contributed by atoms with E-state index < -0.39 is 50.6 Å². The Morgan fingerprint density at radius 2 is 1.58 bits per heavy atom. The number of ketones is 2. The molecule has 0 fully saturated rings. The summed E-state index contributed by atoms with van der Waals surface area (Å²) in [6.07, 6.45) is 0. The molecule has 120 valence electrons. The summed E-state index contributed by atoms with van der Waals surface area (Å²) in [7, 11) is -4.56. The van der Waals surface area contributed by atoms with E-state index in [0.29, 0.717) is 0 Å². The molecule has 1 aliphatic heterocycles. The smallest absolute Gasteiger partial charge is 0.477 e. The number of fused-ring (bicyclic) bond motifs is 5. The molecule has 0 unspecified atom stereocenters. The van der Waals surface area contributed by atoms with Crippen LogP contribution in [-0.2, 0) is 10.4 Å². The van der Waals surface area contributed by atoms with E-state index in [0.717, 1.165) is 6.07 Å². The molecular weight excluding hydrogens is 340 g/mol. The van der Waals surface area contributed by atoms with Gasteiger partial charge in [-0.05, 0) is 6.07 Å². The Morgan fingerprint density at radius 1 is 0.958 bits per heavy atom. The number of carbonyl (C=O) groups excluding carboxylic acids is 2. The normalized spacial score (nSPS) is 16.5. The molecule has 8 nitrogen and oxygen atoms in total. The van der Waals surface area contributed by atoms with Gasteiger partial charge in [-0.15, -0.1) is 8.42 Å². The number of hydrogen-bond acceptors (Lipinski definition) is 7. The zero-order chi connectivity index (χ0) is 17.2. The Morgan fingerprint density at radius 3 is 2.21 bits per heavy atom. The molecule has 0 atom stereocenters. The van der Waals surface area contributed by atoms with Gasteiger partial charge in [-0.1, -0.05) is 24.3 Å². The monoisotopic (exact) mass is 346 g/mol. The van der Waals surface area contributed by atoms with Crippen molar-refractivity contribution in [3.8, 4) is 11.5 Å². The Bertz CT molecular complexity index is 1080. The predicted molar refractivity (Wildman–Crippen MR) is 76.9 cm³/mol.